The predicted molar refractivity (Wildman–Crippen MR) is 98.3 cm³/mol. The van der Waals surface area contributed by atoms with Crippen LogP contribution in [-0.4, -0.2) is 35.7 Å². The van der Waals surface area contributed by atoms with Crippen LogP contribution in [0.2, 0.25) is 0 Å². The lowest BCUT2D eigenvalue weighted by Crippen LogP contribution is -2.38. The zero-order valence-corrected chi connectivity index (χ0v) is 14.2. The third-order valence-electron chi connectivity index (χ3n) is 3.94. The van der Waals surface area contributed by atoms with E-state index in [1.54, 1.807) is 4.90 Å². The average molecular weight is 326 g/mol. The molecular formula is C20H26N2O2. The number of carbonyl (C=O) groups excluding carboxylic acids is 1. The van der Waals surface area contributed by atoms with Gasteiger partial charge in [0, 0.05) is 18.8 Å². The fourth-order valence-corrected chi connectivity index (χ4v) is 2.59. The van der Waals surface area contributed by atoms with Gasteiger partial charge < -0.3 is 15.3 Å². The van der Waals surface area contributed by atoms with Crippen molar-refractivity contribution in [3.05, 3.63) is 65.7 Å². The van der Waals surface area contributed by atoms with Crippen LogP contribution in [0.15, 0.2) is 54.6 Å². The highest BCUT2D eigenvalue weighted by Crippen LogP contribution is 2.19. The first kappa shape index (κ1) is 18.0. The van der Waals surface area contributed by atoms with Crippen LogP contribution in [0.4, 0.5) is 10.5 Å². The summed E-state index contributed by atoms with van der Waals surface area (Å²) in [6.45, 7) is 3.07. The van der Waals surface area contributed by atoms with E-state index in [2.05, 4.69) is 24.4 Å². The van der Waals surface area contributed by atoms with Crippen molar-refractivity contribution in [1.82, 2.24) is 4.90 Å². The fourth-order valence-electron chi connectivity index (χ4n) is 2.59. The number of rotatable bonds is 8. The lowest BCUT2D eigenvalue weighted by molar-refractivity contribution is 0.187. The summed E-state index contributed by atoms with van der Waals surface area (Å²) in [6.07, 6.45) is 2.71. The number of amides is 2. The molecule has 128 valence electrons. The number of hydrogen-bond acceptors (Lipinski definition) is 2. The smallest absolute Gasteiger partial charge is 0.321 e. The minimum Gasteiger partial charge on any atom is -0.395 e. The van der Waals surface area contributed by atoms with Gasteiger partial charge in [0.2, 0.25) is 0 Å². The number of aliphatic hydroxyl groups is 1. The molecule has 2 rings (SSSR count). The number of urea groups is 1. The fraction of sp³-hybridized carbons (Fsp3) is 0.350. The van der Waals surface area contributed by atoms with Crippen LogP contribution in [0.1, 0.15) is 30.9 Å². The van der Waals surface area contributed by atoms with Gasteiger partial charge in [-0.1, -0.05) is 61.9 Å². The minimum atomic E-state index is -0.155. The van der Waals surface area contributed by atoms with Crippen molar-refractivity contribution in [2.75, 3.05) is 25.0 Å². The Labute approximate surface area is 144 Å². The van der Waals surface area contributed by atoms with Crippen LogP contribution in [0.3, 0.4) is 0 Å². The Balaban J connectivity index is 2.09. The normalized spacial score (nSPS) is 10.4. The van der Waals surface area contributed by atoms with Crippen LogP contribution < -0.4 is 5.32 Å². The van der Waals surface area contributed by atoms with Crippen LogP contribution in [0.5, 0.6) is 0 Å². The molecular weight excluding hydrogens is 300 g/mol. The van der Waals surface area contributed by atoms with Gasteiger partial charge in [-0.3, -0.25) is 0 Å². The molecule has 0 aliphatic rings. The van der Waals surface area contributed by atoms with Gasteiger partial charge in [0.15, 0.2) is 0 Å². The van der Waals surface area contributed by atoms with Gasteiger partial charge in [0.25, 0.3) is 0 Å². The van der Waals surface area contributed by atoms with Crippen LogP contribution in [0.25, 0.3) is 0 Å². The maximum absolute atomic E-state index is 12.5. The SMILES string of the molecule is CCCCN(CCO)C(=O)Nc1ccccc1Cc1ccccc1. The molecule has 2 aromatic carbocycles. The Morgan fingerprint density at radius 1 is 1.04 bits per heavy atom. The molecule has 0 aliphatic carbocycles. The molecule has 0 bridgehead atoms. The minimum absolute atomic E-state index is 0.0250. The maximum Gasteiger partial charge on any atom is 0.321 e. The molecule has 4 heteroatoms. The number of nitrogens with zero attached hydrogens (tertiary/aromatic N) is 1. The number of aliphatic hydroxyl groups excluding tert-OH is 1. The van der Waals surface area contributed by atoms with E-state index in [1.807, 2.05) is 42.5 Å². The summed E-state index contributed by atoms with van der Waals surface area (Å²) >= 11 is 0. The summed E-state index contributed by atoms with van der Waals surface area (Å²) < 4.78 is 0. The molecule has 24 heavy (non-hydrogen) atoms. The number of nitrogens with one attached hydrogen (secondary N) is 1. The molecule has 0 radical (unpaired) electrons. The second-order valence-electron chi connectivity index (χ2n) is 5.81. The Bertz CT molecular complexity index is 629. The molecule has 0 heterocycles. The summed E-state index contributed by atoms with van der Waals surface area (Å²) in [4.78, 5) is 14.2. The van der Waals surface area contributed by atoms with E-state index in [9.17, 15) is 9.90 Å². The van der Waals surface area contributed by atoms with E-state index in [-0.39, 0.29) is 12.6 Å². The Kier molecular flexibility index (Phi) is 7.30. The van der Waals surface area contributed by atoms with Crippen LogP contribution in [-0.2, 0) is 6.42 Å². The third-order valence-corrected chi connectivity index (χ3v) is 3.94. The van der Waals surface area contributed by atoms with Crippen molar-refractivity contribution in [1.29, 1.82) is 0 Å². The van der Waals surface area contributed by atoms with E-state index in [1.165, 1.54) is 5.56 Å². The van der Waals surface area contributed by atoms with Gasteiger partial charge in [-0.05, 0) is 30.0 Å². The molecule has 0 fully saturated rings. The number of hydrogen-bond donors (Lipinski definition) is 2. The lowest BCUT2D eigenvalue weighted by Gasteiger charge is -2.23. The molecule has 0 aromatic heterocycles. The van der Waals surface area contributed by atoms with E-state index >= 15 is 0 Å². The van der Waals surface area contributed by atoms with E-state index in [4.69, 9.17) is 0 Å². The van der Waals surface area contributed by atoms with E-state index in [0.29, 0.717) is 13.1 Å². The summed E-state index contributed by atoms with van der Waals surface area (Å²) in [5.74, 6) is 0. The predicted octanol–water partition coefficient (Wildman–Crippen LogP) is 3.90. The average Bonchev–Trinajstić information content (AvgIpc) is 2.61. The van der Waals surface area contributed by atoms with Gasteiger partial charge in [0.1, 0.15) is 0 Å². The Hall–Kier alpha value is -2.33. The molecule has 0 spiro atoms. The van der Waals surface area contributed by atoms with Gasteiger partial charge in [-0.2, -0.15) is 0 Å². The van der Waals surface area contributed by atoms with Gasteiger partial charge in [-0.25, -0.2) is 4.79 Å². The largest absolute Gasteiger partial charge is 0.395 e. The quantitative estimate of drug-likeness (QED) is 0.773. The van der Waals surface area contributed by atoms with Gasteiger partial charge in [-0.15, -0.1) is 0 Å². The summed E-state index contributed by atoms with van der Waals surface area (Å²) in [5, 5.41) is 12.2. The van der Waals surface area contributed by atoms with Crippen molar-refractivity contribution >= 4 is 11.7 Å². The first-order chi connectivity index (χ1) is 11.7. The first-order valence-corrected chi connectivity index (χ1v) is 8.53. The summed E-state index contributed by atoms with van der Waals surface area (Å²) in [7, 11) is 0. The highest BCUT2D eigenvalue weighted by Gasteiger charge is 2.14. The van der Waals surface area contributed by atoms with Crippen LogP contribution in [0, 0.1) is 0 Å². The Morgan fingerprint density at radius 3 is 2.46 bits per heavy atom. The highest BCUT2D eigenvalue weighted by atomic mass is 16.3. The summed E-state index contributed by atoms with van der Waals surface area (Å²) in [5.41, 5.74) is 3.11. The number of para-hydroxylation sites is 1. The molecule has 0 aliphatic heterocycles. The third kappa shape index (κ3) is 5.39. The van der Waals surface area contributed by atoms with Crippen molar-refractivity contribution in [2.24, 2.45) is 0 Å². The molecule has 2 aromatic rings. The second kappa shape index (κ2) is 9.73. The lowest BCUT2D eigenvalue weighted by atomic mass is 10.0. The molecule has 0 saturated heterocycles. The molecule has 2 amide bonds. The van der Waals surface area contributed by atoms with Crippen molar-refractivity contribution in [3.63, 3.8) is 0 Å². The van der Waals surface area contributed by atoms with Gasteiger partial charge >= 0.3 is 6.03 Å². The zero-order chi connectivity index (χ0) is 17.2. The first-order valence-electron chi connectivity index (χ1n) is 8.53. The number of anilines is 1. The van der Waals surface area contributed by atoms with Crippen molar-refractivity contribution < 1.29 is 9.90 Å². The van der Waals surface area contributed by atoms with Crippen molar-refractivity contribution in [2.45, 2.75) is 26.2 Å². The standard InChI is InChI=1S/C20H26N2O2/c1-2-3-13-22(14-15-23)20(24)21-19-12-8-7-11-18(19)16-17-9-5-4-6-10-17/h4-12,23H,2-3,13-16H2,1H3,(H,21,24). The number of benzene rings is 2. The molecule has 2 N–H and O–H groups in total. The molecule has 0 unspecified atom stereocenters. The van der Waals surface area contributed by atoms with Crippen LogP contribution >= 0.6 is 0 Å². The maximum atomic E-state index is 12.5. The molecule has 4 nitrogen and oxygen atoms in total. The monoisotopic (exact) mass is 326 g/mol. The van der Waals surface area contributed by atoms with E-state index in [0.717, 1.165) is 30.5 Å². The Morgan fingerprint density at radius 2 is 1.75 bits per heavy atom. The zero-order valence-electron chi connectivity index (χ0n) is 14.2. The topological polar surface area (TPSA) is 52.6 Å². The van der Waals surface area contributed by atoms with E-state index < -0.39 is 0 Å². The summed E-state index contributed by atoms with van der Waals surface area (Å²) in [6, 6.07) is 17.9. The molecule has 0 saturated carbocycles. The van der Waals surface area contributed by atoms with Crippen molar-refractivity contribution in [3.8, 4) is 0 Å². The second-order valence-corrected chi connectivity index (χ2v) is 5.81. The molecule has 0 atom stereocenters. The highest BCUT2D eigenvalue weighted by molar-refractivity contribution is 5.90. The van der Waals surface area contributed by atoms with Gasteiger partial charge in [0.05, 0.1) is 6.61 Å². The number of carbonyl (C=O) groups is 1. The number of unbranched alkanes of at least 4 members (excludes halogenated alkanes) is 1.